The molecule has 0 bridgehead atoms. The first-order valence-corrected chi connectivity index (χ1v) is 9.34. The lowest BCUT2D eigenvalue weighted by Gasteiger charge is -2.09. The van der Waals surface area contributed by atoms with Gasteiger partial charge in [0.25, 0.3) is 0 Å². The number of halogens is 1. The zero-order valence-corrected chi connectivity index (χ0v) is 16.0. The van der Waals surface area contributed by atoms with Crippen molar-refractivity contribution in [3.05, 3.63) is 112 Å². The normalized spacial score (nSPS) is 11.1. The van der Waals surface area contributed by atoms with Crippen LogP contribution in [0.4, 0.5) is 11.4 Å². The summed E-state index contributed by atoms with van der Waals surface area (Å²) in [5.74, 6) is -0.0997. The number of allylic oxidation sites excluding steroid dienone is 1. The summed E-state index contributed by atoms with van der Waals surface area (Å²) >= 11 is 5.86. The van der Waals surface area contributed by atoms with E-state index in [4.69, 9.17) is 16.0 Å². The zero-order chi connectivity index (χ0) is 20.2. The summed E-state index contributed by atoms with van der Waals surface area (Å²) in [4.78, 5) is 24.2. The Hall–Kier alpha value is -3.63. The number of carbonyl (C=O) groups excluding carboxylic acids is 1. The molecule has 0 spiro atoms. The summed E-state index contributed by atoms with van der Waals surface area (Å²) < 4.78 is 5.21. The van der Waals surface area contributed by atoms with E-state index < -0.39 is 5.63 Å². The van der Waals surface area contributed by atoms with E-state index >= 15 is 0 Å². The number of hydrogen-bond donors (Lipinski definition) is 1. The highest BCUT2D eigenvalue weighted by molar-refractivity contribution is 6.30. The van der Waals surface area contributed by atoms with Gasteiger partial charge < -0.3 is 9.73 Å². The van der Waals surface area contributed by atoms with Crippen molar-refractivity contribution in [2.24, 2.45) is 0 Å². The van der Waals surface area contributed by atoms with Gasteiger partial charge in [-0.2, -0.15) is 0 Å². The van der Waals surface area contributed by atoms with E-state index in [0.717, 1.165) is 16.6 Å². The Morgan fingerprint density at radius 2 is 1.66 bits per heavy atom. The zero-order valence-electron chi connectivity index (χ0n) is 15.3. The van der Waals surface area contributed by atoms with Crippen molar-refractivity contribution in [1.29, 1.82) is 0 Å². The highest BCUT2D eigenvalue weighted by Crippen LogP contribution is 2.25. The fourth-order valence-electron chi connectivity index (χ4n) is 2.93. The molecule has 1 heterocycles. The molecule has 4 nitrogen and oxygen atoms in total. The fourth-order valence-corrected chi connectivity index (χ4v) is 3.06. The SMILES string of the molecule is O=C(/C=C/c1ccc(Cl)cc1)c1ccc(Nc2cc(=O)oc3ccccc23)cc1. The van der Waals surface area contributed by atoms with Crippen LogP contribution < -0.4 is 10.9 Å². The lowest BCUT2D eigenvalue weighted by atomic mass is 10.1. The highest BCUT2D eigenvalue weighted by Gasteiger charge is 2.06. The minimum Gasteiger partial charge on any atom is -0.423 e. The van der Waals surface area contributed by atoms with Crippen LogP contribution in [-0.4, -0.2) is 5.78 Å². The molecule has 1 N–H and O–H groups in total. The molecule has 5 heteroatoms. The molecule has 0 radical (unpaired) electrons. The second-order valence-corrected chi connectivity index (χ2v) is 6.86. The molecule has 0 unspecified atom stereocenters. The molecular weight excluding hydrogens is 386 g/mol. The maximum absolute atomic E-state index is 12.4. The third kappa shape index (κ3) is 4.45. The summed E-state index contributed by atoms with van der Waals surface area (Å²) in [6, 6.07) is 23.1. The van der Waals surface area contributed by atoms with Gasteiger partial charge >= 0.3 is 5.63 Å². The highest BCUT2D eigenvalue weighted by atomic mass is 35.5. The molecule has 0 saturated heterocycles. The first kappa shape index (κ1) is 18.7. The van der Waals surface area contributed by atoms with Crippen LogP contribution >= 0.6 is 11.6 Å². The smallest absolute Gasteiger partial charge is 0.338 e. The molecule has 142 valence electrons. The van der Waals surface area contributed by atoms with Crippen LogP contribution in [-0.2, 0) is 0 Å². The van der Waals surface area contributed by atoms with Crippen molar-refractivity contribution in [3.8, 4) is 0 Å². The molecule has 3 aromatic carbocycles. The Balaban J connectivity index is 1.52. The molecule has 0 atom stereocenters. The quantitative estimate of drug-likeness (QED) is 0.250. The van der Waals surface area contributed by atoms with Gasteiger partial charge in [0.2, 0.25) is 0 Å². The third-order valence-corrected chi connectivity index (χ3v) is 4.65. The minimum absolute atomic E-state index is 0.0997. The van der Waals surface area contributed by atoms with Crippen molar-refractivity contribution < 1.29 is 9.21 Å². The van der Waals surface area contributed by atoms with Crippen LogP contribution in [0.3, 0.4) is 0 Å². The van der Waals surface area contributed by atoms with Crippen LogP contribution in [0.25, 0.3) is 17.0 Å². The number of carbonyl (C=O) groups is 1. The predicted molar refractivity (Wildman–Crippen MR) is 117 cm³/mol. The second kappa shape index (κ2) is 8.17. The molecule has 4 rings (SSSR count). The van der Waals surface area contributed by atoms with E-state index in [9.17, 15) is 9.59 Å². The summed E-state index contributed by atoms with van der Waals surface area (Å²) in [7, 11) is 0. The van der Waals surface area contributed by atoms with Gasteiger partial charge in [-0.25, -0.2) is 4.79 Å². The van der Waals surface area contributed by atoms with Gasteiger partial charge in [0.1, 0.15) is 5.58 Å². The molecule has 0 aliphatic rings. The third-order valence-electron chi connectivity index (χ3n) is 4.40. The molecule has 0 saturated carbocycles. The fraction of sp³-hybridized carbons (Fsp3) is 0. The van der Waals surface area contributed by atoms with Crippen molar-refractivity contribution in [2.75, 3.05) is 5.32 Å². The topological polar surface area (TPSA) is 59.3 Å². The van der Waals surface area contributed by atoms with Crippen LogP contribution in [0.5, 0.6) is 0 Å². The van der Waals surface area contributed by atoms with Gasteiger partial charge in [-0.05, 0) is 60.2 Å². The average Bonchev–Trinajstić information content (AvgIpc) is 2.73. The van der Waals surface area contributed by atoms with Gasteiger partial charge in [-0.3, -0.25) is 4.79 Å². The number of anilines is 2. The second-order valence-electron chi connectivity index (χ2n) is 6.43. The van der Waals surface area contributed by atoms with Crippen LogP contribution in [0.1, 0.15) is 15.9 Å². The van der Waals surface area contributed by atoms with Gasteiger partial charge in [-0.15, -0.1) is 0 Å². The Morgan fingerprint density at radius 3 is 2.41 bits per heavy atom. The maximum atomic E-state index is 12.4. The number of hydrogen-bond acceptors (Lipinski definition) is 4. The number of ketones is 1. The molecule has 4 aromatic rings. The number of rotatable bonds is 5. The van der Waals surface area contributed by atoms with Crippen LogP contribution in [0, 0.1) is 0 Å². The van der Waals surface area contributed by atoms with E-state index in [1.54, 1.807) is 48.5 Å². The summed E-state index contributed by atoms with van der Waals surface area (Å²) in [6.07, 6.45) is 3.28. The van der Waals surface area contributed by atoms with E-state index in [2.05, 4.69) is 5.32 Å². The maximum Gasteiger partial charge on any atom is 0.338 e. The minimum atomic E-state index is -0.426. The van der Waals surface area contributed by atoms with Crippen molar-refractivity contribution in [1.82, 2.24) is 0 Å². The van der Waals surface area contributed by atoms with Gasteiger partial charge in [0.05, 0.1) is 5.69 Å². The first-order chi connectivity index (χ1) is 14.1. The average molecular weight is 402 g/mol. The van der Waals surface area contributed by atoms with Crippen molar-refractivity contribution >= 4 is 45.8 Å². The van der Waals surface area contributed by atoms with Crippen LogP contribution in [0.15, 0.2) is 94.2 Å². The summed E-state index contributed by atoms with van der Waals surface area (Å²) in [5, 5.41) is 4.67. The monoisotopic (exact) mass is 401 g/mol. The largest absolute Gasteiger partial charge is 0.423 e. The Kier molecular flexibility index (Phi) is 5.27. The van der Waals surface area contributed by atoms with E-state index in [1.807, 2.05) is 30.3 Å². The molecular formula is C24H16ClNO3. The lowest BCUT2D eigenvalue weighted by Crippen LogP contribution is -2.01. The van der Waals surface area contributed by atoms with Gasteiger partial charge in [-0.1, -0.05) is 41.9 Å². The van der Waals surface area contributed by atoms with Gasteiger partial charge in [0, 0.05) is 27.7 Å². The molecule has 1 aromatic heterocycles. The van der Waals surface area contributed by atoms with Crippen molar-refractivity contribution in [3.63, 3.8) is 0 Å². The van der Waals surface area contributed by atoms with E-state index in [0.29, 0.717) is 21.9 Å². The van der Waals surface area contributed by atoms with Crippen molar-refractivity contribution in [2.45, 2.75) is 0 Å². The molecule has 29 heavy (non-hydrogen) atoms. The Morgan fingerprint density at radius 1 is 0.931 bits per heavy atom. The summed E-state index contributed by atoms with van der Waals surface area (Å²) in [5.41, 5.74) is 2.97. The van der Waals surface area contributed by atoms with Crippen LogP contribution in [0.2, 0.25) is 5.02 Å². The Labute approximate surface area is 172 Å². The molecule has 0 aliphatic carbocycles. The Bertz CT molecular complexity index is 1260. The predicted octanol–water partition coefficient (Wildman–Crippen LogP) is 6.09. The number of nitrogens with one attached hydrogen (secondary N) is 1. The lowest BCUT2D eigenvalue weighted by molar-refractivity contribution is 0.104. The number of para-hydroxylation sites is 1. The summed E-state index contributed by atoms with van der Waals surface area (Å²) in [6.45, 7) is 0. The first-order valence-electron chi connectivity index (χ1n) is 8.96. The molecule has 0 aliphatic heterocycles. The molecule has 0 fully saturated rings. The van der Waals surface area contributed by atoms with E-state index in [-0.39, 0.29) is 5.78 Å². The number of fused-ring (bicyclic) bond motifs is 1. The molecule has 0 amide bonds. The number of benzene rings is 3. The standard InChI is InChI=1S/C24H16ClNO3/c25-18-10-5-16(6-11-18)7-14-22(27)17-8-12-19(13-9-17)26-21-15-24(28)29-23-4-2-1-3-20(21)23/h1-15,26H/b14-7+. The van der Waals surface area contributed by atoms with E-state index in [1.165, 1.54) is 12.1 Å². The van der Waals surface area contributed by atoms with Gasteiger partial charge in [0.15, 0.2) is 5.78 Å².